The number of amides is 1. The van der Waals surface area contributed by atoms with Gasteiger partial charge in [-0.1, -0.05) is 27.2 Å². The van der Waals surface area contributed by atoms with Gasteiger partial charge in [-0.2, -0.15) is 0 Å². The van der Waals surface area contributed by atoms with Gasteiger partial charge in [0.1, 0.15) is 5.82 Å². The van der Waals surface area contributed by atoms with Crippen LogP contribution in [0.25, 0.3) is 11.0 Å². The molecular formula is C28H36N4O4S. The Labute approximate surface area is 218 Å². The van der Waals surface area contributed by atoms with E-state index in [1.165, 1.54) is 12.1 Å². The van der Waals surface area contributed by atoms with Gasteiger partial charge in [0.15, 0.2) is 0 Å². The monoisotopic (exact) mass is 524 g/mol. The number of nitrogens with one attached hydrogen (secondary N) is 2. The molecule has 1 aromatic heterocycles. The highest BCUT2D eigenvalue weighted by atomic mass is 32.2. The highest BCUT2D eigenvalue weighted by Gasteiger charge is 2.27. The number of carbonyl (C=O) groups excluding carboxylic acids is 1. The average Bonchev–Trinajstić information content (AvgIpc) is 3.17. The number of nitrogens with zero attached hydrogens (tertiary/aromatic N) is 2. The molecule has 0 bridgehead atoms. The van der Waals surface area contributed by atoms with Crippen LogP contribution in [0.3, 0.4) is 0 Å². The lowest BCUT2D eigenvalue weighted by molar-refractivity contribution is -0.122. The standard InChI is InChI=1S/C28H36N4O4S/c1-28(2,3)27-30-24-17-22(9-12-25(24)32(27)18-19-13-15-36-16-14-19)31-37(34,35)23-10-7-21(8-11-23)29-26(33)20-5-4-6-20/h7-12,17,19-20,31H,4-6,13-16,18H2,1-3H3,(H,29,33). The summed E-state index contributed by atoms with van der Waals surface area (Å²) in [6.45, 7) is 8.91. The van der Waals surface area contributed by atoms with Gasteiger partial charge in [0.2, 0.25) is 5.91 Å². The Hall–Kier alpha value is -2.91. The van der Waals surface area contributed by atoms with Crippen LogP contribution in [0.15, 0.2) is 47.4 Å². The highest BCUT2D eigenvalue weighted by Crippen LogP contribution is 2.31. The first kappa shape index (κ1) is 25.7. The van der Waals surface area contributed by atoms with Crippen LogP contribution in [-0.2, 0) is 31.5 Å². The summed E-state index contributed by atoms with van der Waals surface area (Å²) in [6.07, 6.45) is 4.98. The van der Waals surface area contributed by atoms with Crippen molar-refractivity contribution >= 4 is 38.3 Å². The van der Waals surface area contributed by atoms with E-state index < -0.39 is 10.0 Å². The van der Waals surface area contributed by atoms with E-state index in [1.807, 2.05) is 6.07 Å². The molecule has 0 atom stereocenters. The largest absolute Gasteiger partial charge is 0.381 e. The first-order chi connectivity index (χ1) is 17.6. The van der Waals surface area contributed by atoms with Crippen molar-refractivity contribution in [1.82, 2.24) is 9.55 Å². The van der Waals surface area contributed by atoms with Crippen LogP contribution in [0.1, 0.15) is 58.7 Å². The van der Waals surface area contributed by atoms with Crippen molar-refractivity contribution in [3.05, 3.63) is 48.3 Å². The van der Waals surface area contributed by atoms with Crippen LogP contribution in [0.4, 0.5) is 11.4 Å². The highest BCUT2D eigenvalue weighted by molar-refractivity contribution is 7.92. The second-order valence-corrected chi connectivity index (χ2v) is 13.0. The number of anilines is 2. The van der Waals surface area contributed by atoms with E-state index in [-0.39, 0.29) is 22.1 Å². The molecule has 9 heteroatoms. The van der Waals surface area contributed by atoms with Crippen molar-refractivity contribution in [3.8, 4) is 0 Å². The molecule has 1 amide bonds. The summed E-state index contributed by atoms with van der Waals surface area (Å²) in [6, 6.07) is 11.8. The maximum Gasteiger partial charge on any atom is 0.261 e. The van der Waals surface area contributed by atoms with Crippen LogP contribution in [0.2, 0.25) is 0 Å². The average molecular weight is 525 g/mol. The Morgan fingerprint density at radius 1 is 1.03 bits per heavy atom. The van der Waals surface area contributed by atoms with Gasteiger partial charge < -0.3 is 14.6 Å². The summed E-state index contributed by atoms with van der Waals surface area (Å²) >= 11 is 0. The molecule has 8 nitrogen and oxygen atoms in total. The van der Waals surface area contributed by atoms with Crippen LogP contribution in [-0.4, -0.2) is 37.1 Å². The molecule has 2 aliphatic rings. The summed E-state index contributed by atoms with van der Waals surface area (Å²) in [5.74, 6) is 1.60. The van der Waals surface area contributed by atoms with Gasteiger partial charge in [-0.15, -0.1) is 0 Å². The minimum Gasteiger partial charge on any atom is -0.381 e. The Balaban J connectivity index is 1.35. The van der Waals surface area contributed by atoms with Crippen LogP contribution < -0.4 is 10.0 Å². The number of ether oxygens (including phenoxy) is 1. The molecule has 1 saturated carbocycles. The second kappa shape index (κ2) is 10.1. The van der Waals surface area contributed by atoms with Crippen molar-refractivity contribution in [2.24, 2.45) is 11.8 Å². The fraction of sp³-hybridized carbons (Fsp3) is 0.500. The fourth-order valence-corrected chi connectivity index (χ4v) is 6.03. The summed E-state index contributed by atoms with van der Waals surface area (Å²) in [5, 5.41) is 2.87. The third kappa shape index (κ3) is 5.67. The summed E-state index contributed by atoms with van der Waals surface area (Å²) < 4.78 is 36.7. The van der Waals surface area contributed by atoms with E-state index >= 15 is 0 Å². The van der Waals surface area contributed by atoms with E-state index in [1.54, 1.807) is 24.3 Å². The molecule has 2 fully saturated rings. The summed E-state index contributed by atoms with van der Waals surface area (Å²) in [5.41, 5.74) is 2.69. The lowest BCUT2D eigenvalue weighted by Gasteiger charge is -2.26. The van der Waals surface area contributed by atoms with E-state index in [0.29, 0.717) is 17.3 Å². The molecule has 2 heterocycles. The smallest absolute Gasteiger partial charge is 0.261 e. The number of hydrogen-bond donors (Lipinski definition) is 2. The minimum absolute atomic E-state index is 0.000771. The zero-order valence-corrected chi connectivity index (χ0v) is 22.6. The molecular weight excluding hydrogens is 488 g/mol. The van der Waals surface area contributed by atoms with Crippen molar-refractivity contribution in [2.45, 2.75) is 69.7 Å². The van der Waals surface area contributed by atoms with E-state index in [9.17, 15) is 13.2 Å². The molecule has 2 aromatic carbocycles. The van der Waals surface area contributed by atoms with Gasteiger partial charge in [0, 0.05) is 36.8 Å². The van der Waals surface area contributed by atoms with Crippen LogP contribution in [0, 0.1) is 11.8 Å². The van der Waals surface area contributed by atoms with Gasteiger partial charge in [0.05, 0.1) is 21.6 Å². The Kier molecular flexibility index (Phi) is 7.02. The first-order valence-electron chi connectivity index (χ1n) is 13.1. The normalized spacial score (nSPS) is 17.5. The molecule has 0 spiro atoms. The topological polar surface area (TPSA) is 102 Å². The maximum absolute atomic E-state index is 13.1. The van der Waals surface area contributed by atoms with Crippen molar-refractivity contribution in [3.63, 3.8) is 0 Å². The number of fused-ring (bicyclic) bond motifs is 1. The lowest BCUT2D eigenvalue weighted by Crippen LogP contribution is -2.28. The second-order valence-electron chi connectivity index (χ2n) is 11.3. The lowest BCUT2D eigenvalue weighted by atomic mass is 9.85. The van der Waals surface area contributed by atoms with E-state index in [2.05, 4.69) is 35.4 Å². The number of sulfonamides is 1. The molecule has 1 aliphatic heterocycles. The number of aromatic nitrogens is 2. The minimum atomic E-state index is -3.80. The molecule has 0 unspecified atom stereocenters. The van der Waals surface area contributed by atoms with Gasteiger partial charge in [-0.05, 0) is 74.1 Å². The fourth-order valence-electron chi connectivity index (χ4n) is 4.98. The zero-order valence-electron chi connectivity index (χ0n) is 21.8. The van der Waals surface area contributed by atoms with E-state index in [0.717, 1.165) is 68.7 Å². The molecule has 1 saturated heterocycles. The quantitative estimate of drug-likeness (QED) is 0.437. The number of carbonyl (C=O) groups is 1. The Bertz CT molecular complexity index is 1380. The van der Waals surface area contributed by atoms with Gasteiger partial charge in [-0.3, -0.25) is 9.52 Å². The number of benzene rings is 2. The Morgan fingerprint density at radius 2 is 1.70 bits per heavy atom. The SMILES string of the molecule is CC(C)(C)c1nc2cc(NS(=O)(=O)c3ccc(NC(=O)C4CCC4)cc3)ccc2n1CC1CCOCC1. The summed E-state index contributed by atoms with van der Waals surface area (Å²) in [7, 11) is -3.80. The molecule has 3 aromatic rings. The predicted molar refractivity (Wildman–Crippen MR) is 145 cm³/mol. The molecule has 0 radical (unpaired) electrons. The third-order valence-corrected chi connectivity index (χ3v) is 8.76. The number of rotatable bonds is 7. The molecule has 2 N–H and O–H groups in total. The first-order valence-corrected chi connectivity index (χ1v) is 14.6. The van der Waals surface area contributed by atoms with Crippen molar-refractivity contribution in [1.29, 1.82) is 0 Å². The van der Waals surface area contributed by atoms with Crippen molar-refractivity contribution < 1.29 is 17.9 Å². The van der Waals surface area contributed by atoms with Gasteiger partial charge >= 0.3 is 0 Å². The Morgan fingerprint density at radius 3 is 2.32 bits per heavy atom. The van der Waals surface area contributed by atoms with E-state index in [4.69, 9.17) is 9.72 Å². The molecule has 198 valence electrons. The molecule has 1 aliphatic carbocycles. The summed E-state index contributed by atoms with van der Waals surface area (Å²) in [4.78, 5) is 17.2. The molecule has 5 rings (SSSR count). The molecule has 37 heavy (non-hydrogen) atoms. The number of hydrogen-bond acceptors (Lipinski definition) is 5. The predicted octanol–water partition coefficient (Wildman–Crippen LogP) is 5.30. The number of imidazole rings is 1. The third-order valence-electron chi connectivity index (χ3n) is 7.36. The zero-order chi connectivity index (χ0) is 26.2. The van der Waals surface area contributed by atoms with Crippen LogP contribution in [0.5, 0.6) is 0 Å². The van der Waals surface area contributed by atoms with Gasteiger partial charge in [0.25, 0.3) is 10.0 Å². The maximum atomic E-state index is 13.1. The van der Waals surface area contributed by atoms with Crippen molar-refractivity contribution in [2.75, 3.05) is 23.3 Å². The van der Waals surface area contributed by atoms with Crippen LogP contribution >= 0.6 is 0 Å². The van der Waals surface area contributed by atoms with Gasteiger partial charge in [-0.25, -0.2) is 13.4 Å².